The molecular formula is C76H44N2. The second-order valence-corrected chi connectivity index (χ2v) is 21.3. The highest BCUT2D eigenvalue weighted by Crippen LogP contribution is 2.52. The number of rotatable bonds is 5. The van der Waals surface area contributed by atoms with E-state index in [-0.39, 0.29) is 0 Å². The molecule has 0 saturated heterocycles. The van der Waals surface area contributed by atoms with Gasteiger partial charge in [-0.1, -0.05) is 231 Å². The van der Waals surface area contributed by atoms with Crippen LogP contribution in [0.3, 0.4) is 0 Å². The molecule has 0 radical (unpaired) electrons. The second kappa shape index (κ2) is 15.6. The number of hydrogen-bond acceptors (Lipinski definition) is 0. The lowest BCUT2D eigenvalue weighted by Crippen LogP contribution is -1.94. The van der Waals surface area contributed by atoms with Gasteiger partial charge in [0, 0.05) is 43.1 Å². The zero-order valence-corrected chi connectivity index (χ0v) is 42.3. The van der Waals surface area contributed by atoms with Crippen molar-refractivity contribution in [3.63, 3.8) is 0 Å². The van der Waals surface area contributed by atoms with E-state index < -0.39 is 0 Å². The van der Waals surface area contributed by atoms with Crippen LogP contribution in [0.1, 0.15) is 0 Å². The van der Waals surface area contributed by atoms with Gasteiger partial charge in [0.2, 0.25) is 0 Å². The Labute approximate surface area is 448 Å². The van der Waals surface area contributed by atoms with Gasteiger partial charge in [-0.05, 0) is 135 Å². The summed E-state index contributed by atoms with van der Waals surface area (Å²) in [5, 5.41) is 20.1. The van der Waals surface area contributed by atoms with Gasteiger partial charge in [-0.2, -0.15) is 0 Å². The first-order valence-electron chi connectivity index (χ1n) is 27.2. The molecule has 0 aliphatic heterocycles. The molecule has 358 valence electrons. The Hall–Kier alpha value is -10.3. The molecule has 0 saturated carbocycles. The molecular weight excluding hydrogens is 941 g/mol. The molecule has 0 amide bonds. The Balaban J connectivity index is 1.03. The summed E-state index contributed by atoms with van der Waals surface area (Å²) in [6, 6.07) is 100. The second-order valence-electron chi connectivity index (χ2n) is 21.3. The standard InChI is InChI=1S/C76H44N2/c1-3-19-45(20-4-1)47-25-11-29-55-63(47)43-64-48(46-21-5-2-6-22-46)26-12-30-56(64)73(55)74-57-31-13-27-49(53-33-17-41-69-71(53)61-37-15-35-59-51-23-7-9-39-67(51)77(69)75(59)61)65(57)44-66-50(28-14-32-58(66)74)54-34-18-42-70-72(54)62-38-16-36-60-52-24-8-10-40-68(52)78(70)76(60)62/h1-44H. The molecule has 0 atom stereocenters. The van der Waals surface area contributed by atoms with Crippen molar-refractivity contribution in [2.45, 2.75) is 0 Å². The maximum Gasteiger partial charge on any atom is 0.0620 e. The van der Waals surface area contributed by atoms with Crippen LogP contribution in [0.4, 0.5) is 0 Å². The average molecular weight is 985 g/mol. The van der Waals surface area contributed by atoms with Crippen molar-refractivity contribution >= 4 is 119 Å². The third-order valence-electron chi connectivity index (χ3n) is 17.6. The smallest absolute Gasteiger partial charge is 0.0620 e. The Morgan fingerprint density at radius 2 is 0.474 bits per heavy atom. The monoisotopic (exact) mass is 984 g/mol. The minimum absolute atomic E-state index is 1.20. The predicted octanol–water partition coefficient (Wildman–Crippen LogP) is 20.9. The molecule has 78 heavy (non-hydrogen) atoms. The molecule has 0 unspecified atom stereocenters. The van der Waals surface area contributed by atoms with E-state index in [2.05, 4.69) is 276 Å². The number of benzene rings is 14. The fourth-order valence-electron chi connectivity index (χ4n) is 14.5. The minimum atomic E-state index is 1.20. The Kier molecular flexibility index (Phi) is 8.42. The normalized spacial score (nSPS) is 12.4. The van der Waals surface area contributed by atoms with Crippen molar-refractivity contribution in [2.24, 2.45) is 0 Å². The molecule has 18 rings (SSSR count). The summed E-state index contributed by atoms with van der Waals surface area (Å²) in [5.41, 5.74) is 19.8. The van der Waals surface area contributed by atoms with Gasteiger partial charge in [0.05, 0.1) is 33.1 Å². The van der Waals surface area contributed by atoms with Crippen LogP contribution < -0.4 is 0 Å². The summed E-state index contributed by atoms with van der Waals surface area (Å²) in [6.45, 7) is 0. The van der Waals surface area contributed by atoms with Crippen molar-refractivity contribution in [2.75, 3.05) is 0 Å². The van der Waals surface area contributed by atoms with E-state index in [1.165, 1.54) is 175 Å². The summed E-state index contributed by atoms with van der Waals surface area (Å²) >= 11 is 0. The average Bonchev–Trinajstić information content (AvgIpc) is 4.43. The predicted molar refractivity (Wildman–Crippen MR) is 333 cm³/mol. The van der Waals surface area contributed by atoms with E-state index in [9.17, 15) is 0 Å². The van der Waals surface area contributed by atoms with E-state index in [1.54, 1.807) is 0 Å². The van der Waals surface area contributed by atoms with E-state index in [1.807, 2.05) is 0 Å². The summed E-state index contributed by atoms with van der Waals surface area (Å²) in [5.74, 6) is 0. The molecule has 14 aromatic carbocycles. The van der Waals surface area contributed by atoms with Crippen LogP contribution in [0.2, 0.25) is 0 Å². The van der Waals surface area contributed by atoms with E-state index in [0.29, 0.717) is 0 Å². The highest BCUT2D eigenvalue weighted by molar-refractivity contribution is 6.32. The van der Waals surface area contributed by atoms with Gasteiger partial charge < -0.3 is 8.80 Å². The Morgan fingerprint density at radius 3 is 0.910 bits per heavy atom. The minimum Gasteiger partial charge on any atom is -0.308 e. The summed E-state index contributed by atoms with van der Waals surface area (Å²) < 4.78 is 5.02. The zero-order valence-electron chi connectivity index (χ0n) is 42.3. The van der Waals surface area contributed by atoms with Gasteiger partial charge in [0.1, 0.15) is 0 Å². The number of para-hydroxylation sites is 4. The highest BCUT2D eigenvalue weighted by Gasteiger charge is 2.26. The lowest BCUT2D eigenvalue weighted by atomic mass is 9.81. The van der Waals surface area contributed by atoms with Crippen molar-refractivity contribution in [3.8, 4) is 55.6 Å². The SMILES string of the molecule is c1ccc(-c2cccc3c(-c4c5cccc(-c6cccc7c6c6cccc8c9ccccc9n7c86)c5cc5c(-c6cccc7c6c6cccc8c9ccccc9n7c86)cccc45)c4cccc(-c5ccccc5)c4cc23)cc1. The largest absolute Gasteiger partial charge is 0.308 e. The van der Waals surface area contributed by atoms with Gasteiger partial charge in [0.25, 0.3) is 0 Å². The molecule has 0 fully saturated rings. The lowest BCUT2D eigenvalue weighted by Gasteiger charge is -2.22. The van der Waals surface area contributed by atoms with Gasteiger partial charge >= 0.3 is 0 Å². The van der Waals surface area contributed by atoms with Gasteiger partial charge in [0.15, 0.2) is 0 Å². The maximum atomic E-state index is 2.55. The van der Waals surface area contributed by atoms with Crippen LogP contribution in [-0.4, -0.2) is 8.80 Å². The number of nitrogens with zero attached hydrogens (tertiary/aromatic N) is 2. The first-order valence-corrected chi connectivity index (χ1v) is 27.2. The van der Waals surface area contributed by atoms with Crippen molar-refractivity contribution in [1.82, 2.24) is 8.80 Å². The maximum absolute atomic E-state index is 2.55. The fraction of sp³-hybridized carbons (Fsp3) is 0. The topological polar surface area (TPSA) is 8.82 Å². The summed E-state index contributed by atoms with van der Waals surface area (Å²) in [4.78, 5) is 0. The van der Waals surface area contributed by atoms with E-state index in [4.69, 9.17) is 0 Å². The van der Waals surface area contributed by atoms with Crippen LogP contribution in [0.25, 0.3) is 175 Å². The summed E-state index contributed by atoms with van der Waals surface area (Å²) in [7, 11) is 0. The lowest BCUT2D eigenvalue weighted by molar-refractivity contribution is 1.37. The molecule has 0 aliphatic carbocycles. The number of fused-ring (bicyclic) bond motifs is 16. The third kappa shape index (κ3) is 5.50. The van der Waals surface area contributed by atoms with Gasteiger partial charge in [-0.15, -0.1) is 0 Å². The molecule has 4 heterocycles. The van der Waals surface area contributed by atoms with Gasteiger partial charge in [-0.3, -0.25) is 0 Å². The third-order valence-corrected chi connectivity index (χ3v) is 17.6. The molecule has 2 heteroatoms. The molecule has 0 N–H and O–H groups in total. The first-order chi connectivity index (χ1) is 38.8. The van der Waals surface area contributed by atoms with E-state index in [0.717, 1.165) is 0 Å². The number of hydrogen-bond donors (Lipinski definition) is 0. The summed E-state index contributed by atoms with van der Waals surface area (Å²) in [6.07, 6.45) is 0. The zero-order chi connectivity index (χ0) is 50.7. The van der Waals surface area contributed by atoms with Crippen LogP contribution in [0.15, 0.2) is 267 Å². The van der Waals surface area contributed by atoms with Crippen LogP contribution in [0, 0.1) is 0 Å². The number of aromatic nitrogens is 2. The molecule has 0 bridgehead atoms. The quantitative estimate of drug-likeness (QED) is 0.152. The molecule has 4 aromatic heterocycles. The first kappa shape index (κ1) is 42.0. The van der Waals surface area contributed by atoms with Crippen LogP contribution >= 0.6 is 0 Å². The molecule has 2 nitrogen and oxygen atoms in total. The molecule has 0 aliphatic rings. The molecule has 18 aromatic rings. The molecule has 0 spiro atoms. The van der Waals surface area contributed by atoms with Crippen molar-refractivity contribution in [1.29, 1.82) is 0 Å². The highest BCUT2D eigenvalue weighted by atomic mass is 14.9. The van der Waals surface area contributed by atoms with Gasteiger partial charge in [-0.25, -0.2) is 0 Å². The van der Waals surface area contributed by atoms with Crippen molar-refractivity contribution < 1.29 is 0 Å². The van der Waals surface area contributed by atoms with E-state index >= 15 is 0 Å². The Bertz CT molecular complexity index is 5210. The van der Waals surface area contributed by atoms with Crippen LogP contribution in [-0.2, 0) is 0 Å². The van der Waals surface area contributed by atoms with Crippen molar-refractivity contribution in [3.05, 3.63) is 267 Å². The van der Waals surface area contributed by atoms with Crippen LogP contribution in [0.5, 0.6) is 0 Å². The fourth-order valence-corrected chi connectivity index (χ4v) is 14.5. The Morgan fingerprint density at radius 1 is 0.179 bits per heavy atom.